The van der Waals surface area contributed by atoms with Gasteiger partial charge in [-0.2, -0.15) is 0 Å². The average molecular weight is 227 g/mol. The Kier molecular flexibility index (Phi) is 5.22. The standard InChI is InChI=1S/C12H18FNO2/c1-16-12-6-5-9(8-10(12)13)11(14)4-2-3-7-15/h5-6,8,11,15H,2-4,7,14H2,1H3. The number of unbranched alkanes of at least 4 members (excludes halogenated alkanes) is 1. The zero-order valence-electron chi connectivity index (χ0n) is 9.45. The first-order valence-corrected chi connectivity index (χ1v) is 5.39. The summed E-state index contributed by atoms with van der Waals surface area (Å²) < 4.78 is 18.2. The molecule has 0 amide bonds. The molecule has 1 aromatic carbocycles. The second-order valence-corrected chi connectivity index (χ2v) is 3.72. The van der Waals surface area contributed by atoms with Crippen LogP contribution >= 0.6 is 0 Å². The van der Waals surface area contributed by atoms with E-state index in [0.29, 0.717) is 0 Å². The average Bonchev–Trinajstić information content (AvgIpc) is 2.29. The van der Waals surface area contributed by atoms with Crippen LogP contribution in [0.1, 0.15) is 30.9 Å². The Morgan fingerprint density at radius 1 is 1.44 bits per heavy atom. The summed E-state index contributed by atoms with van der Waals surface area (Å²) in [5.41, 5.74) is 6.67. The predicted molar refractivity (Wildman–Crippen MR) is 60.8 cm³/mol. The highest BCUT2D eigenvalue weighted by Gasteiger charge is 2.09. The highest BCUT2D eigenvalue weighted by molar-refractivity contribution is 5.30. The third kappa shape index (κ3) is 3.47. The Bertz CT molecular complexity index is 331. The molecule has 0 spiro atoms. The molecule has 3 N–H and O–H groups in total. The maximum atomic E-state index is 13.4. The molecule has 0 aliphatic carbocycles. The summed E-state index contributed by atoms with van der Waals surface area (Å²) in [4.78, 5) is 0. The minimum absolute atomic E-state index is 0.170. The molecule has 0 radical (unpaired) electrons. The molecule has 0 bridgehead atoms. The highest BCUT2D eigenvalue weighted by Crippen LogP contribution is 2.23. The Balaban J connectivity index is 2.62. The van der Waals surface area contributed by atoms with Crippen LogP contribution in [0.25, 0.3) is 0 Å². The first-order chi connectivity index (χ1) is 7.69. The van der Waals surface area contributed by atoms with Crippen molar-refractivity contribution in [2.75, 3.05) is 13.7 Å². The summed E-state index contributed by atoms with van der Waals surface area (Å²) in [6, 6.07) is 4.57. The van der Waals surface area contributed by atoms with Gasteiger partial charge in [0.2, 0.25) is 0 Å². The number of halogens is 1. The summed E-state index contributed by atoms with van der Waals surface area (Å²) in [7, 11) is 1.43. The molecule has 0 fully saturated rings. The van der Waals surface area contributed by atoms with Gasteiger partial charge in [0, 0.05) is 12.6 Å². The molecule has 4 heteroatoms. The summed E-state index contributed by atoms with van der Waals surface area (Å²) in [5, 5.41) is 8.64. The van der Waals surface area contributed by atoms with E-state index in [2.05, 4.69) is 0 Å². The van der Waals surface area contributed by atoms with Crippen molar-refractivity contribution >= 4 is 0 Å². The molecule has 0 aromatic heterocycles. The van der Waals surface area contributed by atoms with E-state index in [4.69, 9.17) is 15.6 Å². The SMILES string of the molecule is COc1ccc(C(N)CCCCO)cc1F. The lowest BCUT2D eigenvalue weighted by atomic mass is 10.0. The first kappa shape index (κ1) is 12.9. The third-order valence-corrected chi connectivity index (χ3v) is 2.53. The Morgan fingerprint density at radius 3 is 2.75 bits per heavy atom. The largest absolute Gasteiger partial charge is 0.494 e. The molecule has 3 nitrogen and oxygen atoms in total. The summed E-state index contributed by atoms with van der Waals surface area (Å²) in [6.45, 7) is 0.170. The van der Waals surface area contributed by atoms with Crippen LogP contribution in [0, 0.1) is 5.82 Å². The molecular formula is C12H18FNO2. The molecule has 1 aromatic rings. The van der Waals surface area contributed by atoms with Crippen molar-refractivity contribution in [3.8, 4) is 5.75 Å². The van der Waals surface area contributed by atoms with E-state index in [9.17, 15) is 4.39 Å². The third-order valence-electron chi connectivity index (χ3n) is 2.53. The fraction of sp³-hybridized carbons (Fsp3) is 0.500. The zero-order chi connectivity index (χ0) is 12.0. The van der Waals surface area contributed by atoms with E-state index >= 15 is 0 Å². The molecule has 0 aliphatic heterocycles. The highest BCUT2D eigenvalue weighted by atomic mass is 19.1. The Labute approximate surface area is 95.0 Å². The quantitative estimate of drug-likeness (QED) is 0.731. The number of benzene rings is 1. The van der Waals surface area contributed by atoms with Gasteiger partial charge in [-0.3, -0.25) is 0 Å². The topological polar surface area (TPSA) is 55.5 Å². The van der Waals surface area contributed by atoms with Crippen LogP contribution in [-0.2, 0) is 0 Å². The smallest absolute Gasteiger partial charge is 0.165 e. The van der Waals surface area contributed by atoms with Gasteiger partial charge in [-0.05, 0) is 37.0 Å². The Morgan fingerprint density at radius 2 is 2.19 bits per heavy atom. The van der Waals surface area contributed by atoms with Crippen LogP contribution in [0.3, 0.4) is 0 Å². The van der Waals surface area contributed by atoms with E-state index in [1.807, 2.05) is 0 Å². The van der Waals surface area contributed by atoms with E-state index in [0.717, 1.165) is 24.8 Å². The van der Waals surface area contributed by atoms with E-state index in [1.54, 1.807) is 12.1 Å². The molecule has 0 aliphatic rings. The fourth-order valence-corrected chi connectivity index (χ4v) is 1.56. The monoisotopic (exact) mass is 227 g/mol. The first-order valence-electron chi connectivity index (χ1n) is 5.39. The van der Waals surface area contributed by atoms with Gasteiger partial charge in [0.05, 0.1) is 7.11 Å². The molecule has 0 saturated heterocycles. The van der Waals surface area contributed by atoms with Gasteiger partial charge < -0.3 is 15.6 Å². The lowest BCUT2D eigenvalue weighted by Gasteiger charge is -2.12. The van der Waals surface area contributed by atoms with Crippen molar-refractivity contribution in [1.82, 2.24) is 0 Å². The Hall–Kier alpha value is -1.13. The van der Waals surface area contributed by atoms with Crippen molar-refractivity contribution in [3.63, 3.8) is 0 Å². The lowest BCUT2D eigenvalue weighted by molar-refractivity contribution is 0.281. The maximum absolute atomic E-state index is 13.4. The van der Waals surface area contributed by atoms with Crippen LogP contribution in [-0.4, -0.2) is 18.8 Å². The molecule has 0 heterocycles. The minimum atomic E-state index is -0.391. The van der Waals surface area contributed by atoms with Crippen LogP contribution < -0.4 is 10.5 Å². The second kappa shape index (κ2) is 6.45. The normalized spacial score (nSPS) is 12.5. The molecule has 1 rings (SSSR count). The van der Waals surface area contributed by atoms with Crippen molar-refractivity contribution in [2.24, 2.45) is 5.73 Å². The molecule has 16 heavy (non-hydrogen) atoms. The fourth-order valence-electron chi connectivity index (χ4n) is 1.56. The number of rotatable bonds is 6. The van der Waals surface area contributed by atoms with E-state index in [1.165, 1.54) is 13.2 Å². The zero-order valence-corrected chi connectivity index (χ0v) is 9.45. The van der Waals surface area contributed by atoms with Crippen LogP contribution in [0.4, 0.5) is 4.39 Å². The number of hydrogen-bond donors (Lipinski definition) is 2. The predicted octanol–water partition coefficient (Wildman–Crippen LogP) is 2.00. The van der Waals surface area contributed by atoms with Crippen molar-refractivity contribution < 1.29 is 14.2 Å². The summed E-state index contributed by atoms with van der Waals surface area (Å²) in [6.07, 6.45) is 2.31. The maximum Gasteiger partial charge on any atom is 0.165 e. The summed E-state index contributed by atoms with van der Waals surface area (Å²) in [5.74, 6) is -0.163. The number of ether oxygens (including phenoxy) is 1. The van der Waals surface area contributed by atoms with Crippen molar-refractivity contribution in [3.05, 3.63) is 29.6 Å². The number of aliphatic hydroxyl groups excluding tert-OH is 1. The van der Waals surface area contributed by atoms with E-state index < -0.39 is 5.82 Å². The van der Waals surface area contributed by atoms with Crippen LogP contribution in [0.5, 0.6) is 5.75 Å². The number of hydrogen-bond acceptors (Lipinski definition) is 3. The molecule has 1 unspecified atom stereocenters. The van der Waals surface area contributed by atoms with Gasteiger partial charge in [-0.15, -0.1) is 0 Å². The number of methoxy groups -OCH3 is 1. The van der Waals surface area contributed by atoms with Gasteiger partial charge in [0.1, 0.15) is 0 Å². The number of aliphatic hydroxyl groups is 1. The van der Waals surface area contributed by atoms with Crippen molar-refractivity contribution in [1.29, 1.82) is 0 Å². The minimum Gasteiger partial charge on any atom is -0.494 e. The van der Waals surface area contributed by atoms with Gasteiger partial charge in [-0.25, -0.2) is 4.39 Å². The lowest BCUT2D eigenvalue weighted by Crippen LogP contribution is -2.10. The second-order valence-electron chi connectivity index (χ2n) is 3.72. The summed E-state index contributed by atoms with van der Waals surface area (Å²) >= 11 is 0. The molecule has 0 saturated carbocycles. The van der Waals surface area contributed by atoms with Gasteiger partial charge >= 0.3 is 0 Å². The number of nitrogens with two attached hydrogens (primary N) is 1. The van der Waals surface area contributed by atoms with Gasteiger partial charge in [0.25, 0.3) is 0 Å². The van der Waals surface area contributed by atoms with Crippen molar-refractivity contribution in [2.45, 2.75) is 25.3 Å². The van der Waals surface area contributed by atoms with Crippen LogP contribution in [0.2, 0.25) is 0 Å². The van der Waals surface area contributed by atoms with Gasteiger partial charge in [0.15, 0.2) is 11.6 Å². The molecular weight excluding hydrogens is 209 g/mol. The molecule has 90 valence electrons. The van der Waals surface area contributed by atoms with Crippen LogP contribution in [0.15, 0.2) is 18.2 Å². The van der Waals surface area contributed by atoms with Gasteiger partial charge in [-0.1, -0.05) is 6.07 Å². The molecule has 1 atom stereocenters. The van der Waals surface area contributed by atoms with E-state index in [-0.39, 0.29) is 18.4 Å².